The Balaban J connectivity index is 1.54. The van der Waals surface area contributed by atoms with Gasteiger partial charge in [0.05, 0.1) is 10.6 Å². The molecule has 2 heterocycles. The van der Waals surface area contributed by atoms with Crippen LogP contribution in [0.15, 0.2) is 52.7 Å². The lowest BCUT2D eigenvalue weighted by Crippen LogP contribution is -2.49. The molecule has 0 amide bonds. The minimum absolute atomic E-state index is 0.130. The zero-order chi connectivity index (χ0) is 26.0. The fourth-order valence-corrected chi connectivity index (χ4v) is 7.73. The Labute approximate surface area is 221 Å². The summed E-state index contributed by atoms with van der Waals surface area (Å²) in [5.74, 6) is 0.613. The Morgan fingerprint density at radius 3 is 1.97 bits per heavy atom. The van der Waals surface area contributed by atoms with E-state index in [1.165, 1.54) is 11.1 Å². The summed E-state index contributed by atoms with van der Waals surface area (Å²) in [6, 6.07) is 14.6. The maximum Gasteiger partial charge on any atom is 0.243 e. The van der Waals surface area contributed by atoms with Gasteiger partial charge in [0.2, 0.25) is 10.0 Å². The van der Waals surface area contributed by atoms with Crippen LogP contribution >= 0.6 is 11.3 Å². The number of hydrogen-bond donors (Lipinski definition) is 0. The van der Waals surface area contributed by atoms with Crippen LogP contribution in [-0.2, 0) is 16.4 Å². The van der Waals surface area contributed by atoms with Gasteiger partial charge in [-0.2, -0.15) is 4.31 Å². The van der Waals surface area contributed by atoms with Crippen LogP contribution in [0.25, 0.3) is 0 Å². The number of benzene rings is 2. The lowest BCUT2D eigenvalue weighted by atomic mass is 9.89. The first-order valence-electron chi connectivity index (χ1n) is 13.0. The van der Waals surface area contributed by atoms with E-state index < -0.39 is 10.0 Å². The van der Waals surface area contributed by atoms with E-state index in [2.05, 4.69) is 76.1 Å². The number of hydrogen-bond acceptors (Lipinski definition) is 5. The topological polar surface area (TPSA) is 53.5 Å². The molecule has 0 bridgehead atoms. The molecule has 194 valence electrons. The first-order valence-corrected chi connectivity index (χ1v) is 15.3. The Morgan fingerprint density at radius 1 is 0.861 bits per heavy atom. The molecule has 2 aromatic carbocycles. The molecule has 7 heteroatoms. The van der Waals surface area contributed by atoms with E-state index in [1.807, 2.05) is 18.2 Å². The van der Waals surface area contributed by atoms with Crippen molar-refractivity contribution in [1.82, 2.24) is 9.29 Å². The molecule has 0 N–H and O–H groups in total. The monoisotopic (exact) mass is 525 g/mol. The molecular weight excluding hydrogens is 486 g/mol. The van der Waals surface area contributed by atoms with Crippen molar-refractivity contribution in [1.29, 1.82) is 0 Å². The van der Waals surface area contributed by atoms with Crippen LogP contribution in [0.5, 0.6) is 0 Å². The van der Waals surface area contributed by atoms with Gasteiger partial charge < -0.3 is 4.90 Å². The average molecular weight is 526 g/mol. The van der Waals surface area contributed by atoms with Crippen molar-refractivity contribution in [2.24, 2.45) is 0 Å². The second-order valence-electron chi connectivity index (χ2n) is 10.7. The highest BCUT2D eigenvalue weighted by atomic mass is 32.2. The Kier molecular flexibility index (Phi) is 8.22. The van der Waals surface area contributed by atoms with Gasteiger partial charge in [-0.25, -0.2) is 13.4 Å². The Morgan fingerprint density at radius 2 is 1.44 bits per heavy atom. The maximum atomic E-state index is 14.1. The summed E-state index contributed by atoms with van der Waals surface area (Å²) in [4.78, 5) is 7.61. The number of nitrogens with zero attached hydrogens (tertiary/aromatic N) is 3. The number of rotatable bonds is 8. The minimum atomic E-state index is -3.61. The summed E-state index contributed by atoms with van der Waals surface area (Å²) in [5, 5.41) is 3.09. The van der Waals surface area contributed by atoms with E-state index in [0.717, 1.165) is 28.4 Å². The summed E-state index contributed by atoms with van der Waals surface area (Å²) in [6.07, 6.45) is 0.814. The van der Waals surface area contributed by atoms with Gasteiger partial charge in [0.1, 0.15) is 0 Å². The van der Waals surface area contributed by atoms with E-state index >= 15 is 0 Å². The van der Waals surface area contributed by atoms with Crippen LogP contribution in [-0.4, -0.2) is 43.9 Å². The molecule has 1 aromatic heterocycles. The molecule has 0 unspecified atom stereocenters. The van der Waals surface area contributed by atoms with Crippen LogP contribution in [0, 0.1) is 0 Å². The number of thiazole rings is 1. The predicted octanol–water partition coefficient (Wildman–Crippen LogP) is 6.62. The summed E-state index contributed by atoms with van der Waals surface area (Å²) in [5.41, 5.74) is 5.40. The first kappa shape index (κ1) is 26.8. The smallest absolute Gasteiger partial charge is 0.243 e. The maximum absolute atomic E-state index is 14.1. The summed E-state index contributed by atoms with van der Waals surface area (Å²) < 4.78 is 29.8. The zero-order valence-electron chi connectivity index (χ0n) is 22.4. The van der Waals surface area contributed by atoms with Gasteiger partial charge >= 0.3 is 0 Å². The van der Waals surface area contributed by atoms with Gasteiger partial charge in [-0.15, -0.1) is 11.3 Å². The van der Waals surface area contributed by atoms with E-state index in [-0.39, 0.29) is 11.8 Å². The Hall–Kier alpha value is -2.22. The van der Waals surface area contributed by atoms with Crippen LogP contribution in [0.4, 0.5) is 5.13 Å². The SMILES string of the molecule is CC(C)c1cc(C(C)C)c(S(=O)(=O)N2CCN(c3nc(Cc4ccccc4)cs3)CC2)c(C(C)C)c1. The Bertz CT molecular complexity index is 1240. The second-order valence-corrected chi connectivity index (χ2v) is 13.4. The summed E-state index contributed by atoms with van der Waals surface area (Å²) in [6.45, 7) is 14.9. The normalized spacial score (nSPS) is 15.4. The highest BCUT2D eigenvalue weighted by Crippen LogP contribution is 2.37. The van der Waals surface area contributed by atoms with Crippen molar-refractivity contribution in [3.8, 4) is 0 Å². The lowest BCUT2D eigenvalue weighted by molar-refractivity contribution is 0.383. The van der Waals surface area contributed by atoms with Crippen molar-refractivity contribution in [2.45, 2.75) is 70.6 Å². The molecule has 1 aliphatic rings. The van der Waals surface area contributed by atoms with Crippen molar-refractivity contribution in [3.63, 3.8) is 0 Å². The number of aromatic nitrogens is 1. The van der Waals surface area contributed by atoms with Crippen molar-refractivity contribution in [3.05, 3.63) is 75.8 Å². The van der Waals surface area contributed by atoms with Gasteiger partial charge in [0.25, 0.3) is 0 Å². The molecule has 0 spiro atoms. The standard InChI is InChI=1S/C29H39N3O2S2/c1-20(2)24-17-26(21(3)4)28(27(18-24)22(5)6)36(33,34)32-14-12-31(13-15-32)29-30-25(19-35-29)16-23-10-8-7-9-11-23/h7-11,17-22H,12-16H2,1-6H3. The van der Waals surface area contributed by atoms with Gasteiger partial charge in [-0.05, 0) is 40.0 Å². The average Bonchev–Trinajstić information content (AvgIpc) is 3.32. The highest BCUT2D eigenvalue weighted by Gasteiger charge is 2.34. The van der Waals surface area contributed by atoms with Crippen LogP contribution in [0.2, 0.25) is 0 Å². The molecule has 1 aliphatic heterocycles. The van der Waals surface area contributed by atoms with Crippen LogP contribution < -0.4 is 4.90 Å². The lowest BCUT2D eigenvalue weighted by Gasteiger charge is -2.35. The molecule has 4 rings (SSSR count). The third kappa shape index (κ3) is 5.68. The van der Waals surface area contributed by atoms with Gasteiger partial charge in [-0.3, -0.25) is 0 Å². The molecule has 36 heavy (non-hydrogen) atoms. The van der Waals surface area contributed by atoms with E-state index in [1.54, 1.807) is 15.6 Å². The molecule has 1 fully saturated rings. The number of sulfonamides is 1. The van der Waals surface area contributed by atoms with Gasteiger partial charge in [0.15, 0.2) is 5.13 Å². The molecule has 3 aromatic rings. The number of anilines is 1. The third-order valence-corrected chi connectivity index (χ3v) is 9.94. The molecular formula is C29H39N3O2S2. The quantitative estimate of drug-likeness (QED) is 0.332. The molecule has 0 radical (unpaired) electrons. The van der Waals surface area contributed by atoms with Crippen molar-refractivity contribution in [2.75, 3.05) is 31.1 Å². The van der Waals surface area contributed by atoms with Gasteiger partial charge in [0, 0.05) is 38.0 Å². The third-order valence-electron chi connectivity index (χ3n) is 6.95. The molecule has 5 nitrogen and oxygen atoms in total. The second kappa shape index (κ2) is 11.0. The fraction of sp³-hybridized carbons (Fsp3) is 0.483. The fourth-order valence-electron chi connectivity index (χ4n) is 4.76. The van der Waals surface area contributed by atoms with Gasteiger partial charge in [-0.1, -0.05) is 84.0 Å². The van der Waals surface area contributed by atoms with Crippen LogP contribution in [0.3, 0.4) is 0 Å². The van der Waals surface area contributed by atoms with E-state index in [0.29, 0.717) is 37.0 Å². The molecule has 1 saturated heterocycles. The largest absolute Gasteiger partial charge is 0.345 e. The zero-order valence-corrected chi connectivity index (χ0v) is 24.0. The summed E-state index contributed by atoms with van der Waals surface area (Å²) in [7, 11) is -3.61. The highest BCUT2D eigenvalue weighted by molar-refractivity contribution is 7.89. The predicted molar refractivity (Wildman–Crippen MR) is 151 cm³/mol. The van der Waals surface area contributed by atoms with Crippen LogP contribution in [0.1, 0.15) is 87.2 Å². The first-order chi connectivity index (χ1) is 17.1. The number of piperazine rings is 1. The summed E-state index contributed by atoms with van der Waals surface area (Å²) >= 11 is 1.64. The molecule has 0 aliphatic carbocycles. The minimum Gasteiger partial charge on any atom is -0.345 e. The van der Waals surface area contributed by atoms with Crippen molar-refractivity contribution >= 4 is 26.5 Å². The molecule has 0 saturated carbocycles. The van der Waals surface area contributed by atoms with E-state index in [9.17, 15) is 8.42 Å². The van der Waals surface area contributed by atoms with E-state index in [4.69, 9.17) is 4.98 Å². The van der Waals surface area contributed by atoms with Crippen molar-refractivity contribution < 1.29 is 8.42 Å². The molecule has 0 atom stereocenters.